The molecule has 0 aliphatic heterocycles. The zero-order chi connectivity index (χ0) is 47.6. The molecule has 0 unspecified atom stereocenters. The third kappa shape index (κ3) is 4.40. The fourth-order valence-electron chi connectivity index (χ4n) is 9.26. The van der Waals surface area contributed by atoms with Gasteiger partial charge in [-0.3, -0.25) is 0 Å². The summed E-state index contributed by atoms with van der Waals surface area (Å²) in [5.74, 6) is 0. The van der Waals surface area contributed by atoms with E-state index < -0.39 is 72.5 Å². The Kier molecular flexibility index (Phi) is 4.36. The van der Waals surface area contributed by atoms with Crippen molar-refractivity contribution in [2.45, 2.75) is 0 Å². The Morgan fingerprint density at radius 1 is 0.333 bits per heavy atom. The molecular formula is C56H32O. The predicted molar refractivity (Wildman–Crippen MR) is 243 cm³/mol. The van der Waals surface area contributed by atoms with Crippen molar-refractivity contribution < 1.29 is 20.9 Å². The molecule has 12 aromatic carbocycles. The van der Waals surface area contributed by atoms with Gasteiger partial charge in [-0.2, -0.15) is 0 Å². The molecular weight excluding hydrogens is 689 g/mol. The van der Waals surface area contributed by atoms with Gasteiger partial charge in [-0.1, -0.05) is 158 Å². The van der Waals surface area contributed by atoms with Crippen molar-refractivity contribution in [3.63, 3.8) is 0 Å². The highest BCUT2D eigenvalue weighted by Gasteiger charge is 2.22. The minimum Gasteiger partial charge on any atom is -0.456 e. The molecule has 13 aromatic rings. The normalized spacial score (nSPS) is 15.2. The van der Waals surface area contributed by atoms with Crippen molar-refractivity contribution in [1.29, 1.82) is 0 Å². The van der Waals surface area contributed by atoms with Gasteiger partial charge in [0.05, 0.1) is 16.4 Å². The van der Waals surface area contributed by atoms with Crippen molar-refractivity contribution in [3.8, 4) is 44.5 Å². The van der Waals surface area contributed by atoms with E-state index in [0.29, 0.717) is 16.7 Å². The summed E-state index contributed by atoms with van der Waals surface area (Å²) in [6.07, 6.45) is 0. The highest BCUT2D eigenvalue weighted by molar-refractivity contribution is 6.28. The van der Waals surface area contributed by atoms with Crippen LogP contribution in [0.5, 0.6) is 0 Å². The van der Waals surface area contributed by atoms with Crippen LogP contribution >= 0.6 is 0 Å². The average Bonchev–Trinajstić information content (AvgIpc) is 3.78. The molecule has 0 N–H and O–H groups in total. The van der Waals surface area contributed by atoms with Gasteiger partial charge in [-0.15, -0.1) is 0 Å². The van der Waals surface area contributed by atoms with Crippen LogP contribution in [-0.2, 0) is 0 Å². The summed E-state index contributed by atoms with van der Waals surface area (Å²) >= 11 is 0. The van der Waals surface area contributed by atoms with Crippen LogP contribution in [0.3, 0.4) is 0 Å². The summed E-state index contributed by atoms with van der Waals surface area (Å²) < 4.78 is 116. The van der Waals surface area contributed by atoms with Crippen LogP contribution in [-0.4, -0.2) is 0 Å². The molecule has 0 aliphatic rings. The smallest absolute Gasteiger partial charge is 0.135 e. The Morgan fingerprint density at radius 3 is 1.70 bits per heavy atom. The second kappa shape index (κ2) is 11.5. The lowest BCUT2D eigenvalue weighted by atomic mass is 9.81. The Labute approximate surface area is 345 Å². The molecule has 0 saturated carbocycles. The number of furan rings is 1. The summed E-state index contributed by atoms with van der Waals surface area (Å²) in [5, 5.41) is 11.6. The van der Waals surface area contributed by atoms with Crippen LogP contribution in [0.15, 0.2) is 198 Å². The van der Waals surface area contributed by atoms with Gasteiger partial charge in [0, 0.05) is 10.8 Å². The van der Waals surface area contributed by atoms with Gasteiger partial charge < -0.3 is 4.42 Å². The first kappa shape index (κ1) is 21.6. The summed E-state index contributed by atoms with van der Waals surface area (Å²) in [5.41, 5.74) is 1.86. The molecule has 1 aromatic heterocycles. The van der Waals surface area contributed by atoms with E-state index in [-0.39, 0.29) is 44.2 Å². The van der Waals surface area contributed by atoms with E-state index in [1.54, 1.807) is 6.07 Å². The second-order valence-corrected chi connectivity index (χ2v) is 14.6. The first-order chi connectivity index (χ1) is 33.2. The highest BCUT2D eigenvalue weighted by Crippen LogP contribution is 2.49. The maximum Gasteiger partial charge on any atom is 0.135 e. The van der Waals surface area contributed by atoms with Crippen molar-refractivity contribution in [3.05, 3.63) is 194 Å². The Morgan fingerprint density at radius 2 is 0.912 bits per heavy atom. The lowest BCUT2D eigenvalue weighted by molar-refractivity contribution is 0.669. The Balaban J connectivity index is 1.28. The van der Waals surface area contributed by atoms with Crippen LogP contribution in [0, 0.1) is 0 Å². The largest absolute Gasteiger partial charge is 0.456 e. The topological polar surface area (TPSA) is 13.1 Å². The minimum absolute atomic E-state index is 0.109. The maximum absolute atomic E-state index is 10.1. The van der Waals surface area contributed by atoms with Crippen LogP contribution in [0.25, 0.3) is 131 Å². The van der Waals surface area contributed by atoms with Gasteiger partial charge in [-0.05, 0) is 145 Å². The molecule has 13 rings (SSSR count). The predicted octanol–water partition coefficient (Wildman–Crippen LogP) is 16.0. The maximum atomic E-state index is 10.1. The van der Waals surface area contributed by atoms with Gasteiger partial charge >= 0.3 is 0 Å². The van der Waals surface area contributed by atoms with Gasteiger partial charge in [0.25, 0.3) is 0 Å². The SMILES string of the molecule is [2H]c1c([2H])c([2H])c(-c2c(-c3c([2H])c([2H])c4oc5c([2H])c([2H])c([2H])c([2H])c5c4c3[2H])cc(-c3cc4cccc5ccc6cccc3c6c54)cc2-c2ccc3ccc4cccc5ccc2c3c45)c([2H])c1[2H]. The van der Waals surface area contributed by atoms with Gasteiger partial charge in [0.1, 0.15) is 11.2 Å². The fourth-order valence-corrected chi connectivity index (χ4v) is 9.26. The van der Waals surface area contributed by atoms with Crippen LogP contribution in [0.4, 0.5) is 0 Å². The summed E-state index contributed by atoms with van der Waals surface area (Å²) in [6.45, 7) is 0. The third-order valence-corrected chi connectivity index (χ3v) is 11.7. The first-order valence-electron chi connectivity index (χ1n) is 24.8. The van der Waals surface area contributed by atoms with Crippen molar-refractivity contribution in [2.75, 3.05) is 0 Å². The van der Waals surface area contributed by atoms with E-state index in [9.17, 15) is 6.85 Å². The van der Waals surface area contributed by atoms with Crippen molar-refractivity contribution >= 4 is 86.6 Å². The number of fused-ring (bicyclic) bond motifs is 3. The standard InChI is InChI=1S/C56H32O/c1-2-9-33(10-3-1)54-47(39-25-28-51-48(29-39)43-16-4-5-18-50(43)57-51)31-41(46-30-40-15-7-13-35-19-21-37-14-8-17-44(46)55(37)53(35)40)32-49(54)42-26-23-38-22-20-34-11-6-12-36-24-27-45(42)56(38)52(34)36/h1-32H/i1D,2D,3D,4D,5D,9D,10D,16D,18D,25D,28D,29D. The number of hydrogen-bond donors (Lipinski definition) is 0. The van der Waals surface area contributed by atoms with Crippen LogP contribution in [0.1, 0.15) is 16.4 Å². The molecule has 0 bridgehead atoms. The van der Waals surface area contributed by atoms with E-state index >= 15 is 0 Å². The quantitative estimate of drug-likeness (QED) is 0.164. The molecule has 0 aliphatic carbocycles. The monoisotopic (exact) mass is 732 g/mol. The van der Waals surface area contributed by atoms with Crippen molar-refractivity contribution in [1.82, 2.24) is 0 Å². The molecule has 1 heterocycles. The van der Waals surface area contributed by atoms with E-state index in [0.717, 1.165) is 70.2 Å². The third-order valence-electron chi connectivity index (χ3n) is 11.7. The zero-order valence-corrected chi connectivity index (χ0v) is 30.0. The summed E-state index contributed by atoms with van der Waals surface area (Å²) in [6, 6.07) is 34.3. The number of hydrogen-bond acceptors (Lipinski definition) is 1. The molecule has 1 nitrogen and oxygen atoms in total. The molecule has 0 spiro atoms. The molecule has 0 amide bonds. The summed E-state index contributed by atoms with van der Waals surface area (Å²) in [7, 11) is 0. The molecule has 0 fully saturated rings. The van der Waals surface area contributed by atoms with E-state index in [2.05, 4.69) is 60.7 Å². The van der Waals surface area contributed by atoms with Gasteiger partial charge in [-0.25, -0.2) is 0 Å². The number of para-hydroxylation sites is 1. The number of benzene rings is 12. The second-order valence-electron chi connectivity index (χ2n) is 14.6. The molecule has 262 valence electrons. The molecule has 57 heavy (non-hydrogen) atoms. The molecule has 1 heteroatoms. The minimum atomic E-state index is -0.597. The molecule has 0 saturated heterocycles. The molecule has 0 atom stereocenters. The number of rotatable bonds is 4. The average molecular weight is 733 g/mol. The van der Waals surface area contributed by atoms with Crippen LogP contribution in [0.2, 0.25) is 0 Å². The highest BCUT2D eigenvalue weighted by atomic mass is 16.3. The Bertz CT molecular complexity index is 4410. The van der Waals surface area contributed by atoms with E-state index in [1.165, 1.54) is 0 Å². The first-order valence-corrected chi connectivity index (χ1v) is 18.8. The van der Waals surface area contributed by atoms with E-state index in [1.807, 2.05) is 54.6 Å². The molecule has 0 radical (unpaired) electrons. The fraction of sp³-hybridized carbons (Fsp3) is 0. The van der Waals surface area contributed by atoms with Crippen molar-refractivity contribution in [2.24, 2.45) is 0 Å². The Hall–Kier alpha value is -7.48. The summed E-state index contributed by atoms with van der Waals surface area (Å²) in [4.78, 5) is 0. The van der Waals surface area contributed by atoms with Crippen LogP contribution < -0.4 is 0 Å². The lowest BCUT2D eigenvalue weighted by Crippen LogP contribution is -1.95. The lowest BCUT2D eigenvalue weighted by Gasteiger charge is -2.22. The van der Waals surface area contributed by atoms with Gasteiger partial charge in [0.15, 0.2) is 0 Å². The van der Waals surface area contributed by atoms with E-state index in [4.69, 9.17) is 14.0 Å². The van der Waals surface area contributed by atoms with Gasteiger partial charge in [0.2, 0.25) is 0 Å². The zero-order valence-electron chi connectivity index (χ0n) is 42.0.